The molecule has 1 aromatic carbocycles. The number of halogens is 1. The number of fused-ring (bicyclic) bond motifs is 1. The lowest BCUT2D eigenvalue weighted by atomic mass is 10.1. The number of para-hydroxylation sites is 1. The molecule has 1 atom stereocenters. The first-order valence-corrected chi connectivity index (χ1v) is 6.81. The SMILES string of the molecule is NNC(CCc1cccnc1)c1cc2cccc(F)c2o1. The number of rotatable bonds is 5. The number of furan rings is 1. The first-order chi connectivity index (χ1) is 10.3. The van der Waals surface area contributed by atoms with Crippen LogP contribution in [0.4, 0.5) is 4.39 Å². The summed E-state index contributed by atoms with van der Waals surface area (Å²) in [6.45, 7) is 0. The van der Waals surface area contributed by atoms with Gasteiger partial charge in [-0.2, -0.15) is 0 Å². The van der Waals surface area contributed by atoms with E-state index in [9.17, 15) is 4.39 Å². The van der Waals surface area contributed by atoms with Gasteiger partial charge in [0.2, 0.25) is 0 Å². The van der Waals surface area contributed by atoms with Gasteiger partial charge in [-0.25, -0.2) is 9.82 Å². The van der Waals surface area contributed by atoms with E-state index in [4.69, 9.17) is 10.3 Å². The Balaban J connectivity index is 1.80. The molecule has 0 spiro atoms. The van der Waals surface area contributed by atoms with Gasteiger partial charge in [-0.3, -0.25) is 10.8 Å². The topological polar surface area (TPSA) is 64.1 Å². The third kappa shape index (κ3) is 2.94. The molecule has 0 aliphatic carbocycles. The van der Waals surface area contributed by atoms with E-state index in [2.05, 4.69) is 10.4 Å². The van der Waals surface area contributed by atoms with Crippen molar-refractivity contribution in [3.8, 4) is 0 Å². The van der Waals surface area contributed by atoms with Crippen LogP contribution < -0.4 is 11.3 Å². The van der Waals surface area contributed by atoms with E-state index in [1.54, 1.807) is 12.3 Å². The Hall–Kier alpha value is -2.24. The monoisotopic (exact) mass is 285 g/mol. The molecule has 1 unspecified atom stereocenters. The number of aromatic nitrogens is 1. The number of benzene rings is 1. The fourth-order valence-electron chi connectivity index (χ4n) is 2.38. The number of nitrogens with two attached hydrogens (primary N) is 1. The van der Waals surface area contributed by atoms with Crippen molar-refractivity contribution in [1.29, 1.82) is 0 Å². The van der Waals surface area contributed by atoms with Crippen LogP contribution in [-0.4, -0.2) is 4.98 Å². The standard InChI is InChI=1S/C16H16FN3O/c17-13-5-1-4-12-9-15(21-16(12)13)14(20-18)7-6-11-3-2-8-19-10-11/h1-5,8-10,14,20H,6-7,18H2. The Morgan fingerprint density at radius 1 is 1.29 bits per heavy atom. The summed E-state index contributed by atoms with van der Waals surface area (Å²) in [6, 6.07) is 10.4. The molecule has 4 nitrogen and oxygen atoms in total. The van der Waals surface area contributed by atoms with Crippen LogP contribution >= 0.6 is 0 Å². The minimum absolute atomic E-state index is 0.169. The molecule has 5 heteroatoms. The van der Waals surface area contributed by atoms with Crippen molar-refractivity contribution in [3.63, 3.8) is 0 Å². The van der Waals surface area contributed by atoms with Crippen LogP contribution in [0.25, 0.3) is 11.0 Å². The zero-order chi connectivity index (χ0) is 14.7. The summed E-state index contributed by atoms with van der Waals surface area (Å²) in [7, 11) is 0. The molecule has 0 bridgehead atoms. The summed E-state index contributed by atoms with van der Waals surface area (Å²) in [5.74, 6) is 5.89. The average Bonchev–Trinajstić information content (AvgIpc) is 2.94. The predicted molar refractivity (Wildman–Crippen MR) is 78.8 cm³/mol. The quantitative estimate of drug-likeness (QED) is 0.558. The molecule has 0 fully saturated rings. The van der Waals surface area contributed by atoms with E-state index in [-0.39, 0.29) is 17.4 Å². The molecule has 0 radical (unpaired) electrons. The van der Waals surface area contributed by atoms with Gasteiger partial charge >= 0.3 is 0 Å². The van der Waals surface area contributed by atoms with Crippen molar-refractivity contribution in [3.05, 3.63) is 65.9 Å². The number of hydrogen-bond donors (Lipinski definition) is 2. The van der Waals surface area contributed by atoms with Gasteiger partial charge in [-0.1, -0.05) is 18.2 Å². The summed E-state index contributed by atoms with van der Waals surface area (Å²) in [5.41, 5.74) is 4.13. The largest absolute Gasteiger partial charge is 0.456 e. The normalized spacial score (nSPS) is 12.7. The number of hydrazine groups is 1. The summed E-state index contributed by atoms with van der Waals surface area (Å²) >= 11 is 0. The van der Waals surface area contributed by atoms with Gasteiger partial charge in [-0.05, 0) is 36.6 Å². The van der Waals surface area contributed by atoms with Crippen molar-refractivity contribution < 1.29 is 8.81 Å². The molecule has 0 amide bonds. The molecule has 108 valence electrons. The van der Waals surface area contributed by atoms with Crippen molar-refractivity contribution in [2.45, 2.75) is 18.9 Å². The lowest BCUT2D eigenvalue weighted by Gasteiger charge is -2.12. The molecule has 2 aromatic heterocycles. The number of nitrogens with zero attached hydrogens (tertiary/aromatic N) is 1. The predicted octanol–water partition coefficient (Wildman–Crippen LogP) is 3.10. The highest BCUT2D eigenvalue weighted by Gasteiger charge is 2.16. The molecule has 0 saturated carbocycles. The van der Waals surface area contributed by atoms with E-state index in [1.165, 1.54) is 6.07 Å². The fraction of sp³-hybridized carbons (Fsp3) is 0.188. The number of pyridine rings is 1. The molecule has 2 heterocycles. The number of hydrogen-bond acceptors (Lipinski definition) is 4. The van der Waals surface area contributed by atoms with Crippen LogP contribution in [0, 0.1) is 5.82 Å². The van der Waals surface area contributed by atoms with Gasteiger partial charge in [0, 0.05) is 17.8 Å². The lowest BCUT2D eigenvalue weighted by Crippen LogP contribution is -2.28. The maximum atomic E-state index is 13.7. The molecule has 0 aliphatic rings. The van der Waals surface area contributed by atoms with Crippen LogP contribution in [0.1, 0.15) is 23.8 Å². The molecule has 21 heavy (non-hydrogen) atoms. The maximum absolute atomic E-state index is 13.7. The molecule has 0 saturated heterocycles. The van der Waals surface area contributed by atoms with Crippen LogP contribution in [0.3, 0.4) is 0 Å². The molecule has 3 N–H and O–H groups in total. The van der Waals surface area contributed by atoms with Gasteiger partial charge < -0.3 is 4.42 Å². The summed E-state index contributed by atoms with van der Waals surface area (Å²) < 4.78 is 19.3. The van der Waals surface area contributed by atoms with E-state index in [0.29, 0.717) is 5.76 Å². The third-order valence-electron chi connectivity index (χ3n) is 3.50. The van der Waals surface area contributed by atoms with Crippen molar-refractivity contribution in [2.75, 3.05) is 0 Å². The van der Waals surface area contributed by atoms with Gasteiger partial charge in [0.05, 0.1) is 6.04 Å². The molecular weight excluding hydrogens is 269 g/mol. The molecule has 0 aliphatic heterocycles. The summed E-state index contributed by atoms with van der Waals surface area (Å²) in [4.78, 5) is 4.08. The lowest BCUT2D eigenvalue weighted by molar-refractivity contribution is 0.411. The van der Waals surface area contributed by atoms with Gasteiger partial charge in [-0.15, -0.1) is 0 Å². The average molecular weight is 285 g/mol. The Morgan fingerprint density at radius 2 is 2.19 bits per heavy atom. The Kier molecular flexibility index (Phi) is 3.94. The van der Waals surface area contributed by atoms with E-state index < -0.39 is 0 Å². The van der Waals surface area contributed by atoms with Crippen molar-refractivity contribution in [2.24, 2.45) is 5.84 Å². The number of nitrogens with one attached hydrogen (secondary N) is 1. The smallest absolute Gasteiger partial charge is 0.169 e. The second-order valence-electron chi connectivity index (χ2n) is 4.93. The molecular formula is C16H16FN3O. The van der Waals surface area contributed by atoms with Crippen molar-refractivity contribution in [1.82, 2.24) is 10.4 Å². The van der Waals surface area contributed by atoms with Gasteiger partial charge in [0.25, 0.3) is 0 Å². The van der Waals surface area contributed by atoms with Gasteiger partial charge in [0.1, 0.15) is 5.76 Å². The second kappa shape index (κ2) is 6.03. The Labute approximate surface area is 121 Å². The third-order valence-corrected chi connectivity index (χ3v) is 3.50. The first-order valence-electron chi connectivity index (χ1n) is 6.81. The first kappa shape index (κ1) is 13.7. The van der Waals surface area contributed by atoms with E-state index >= 15 is 0 Å². The van der Waals surface area contributed by atoms with E-state index in [0.717, 1.165) is 23.8 Å². The summed E-state index contributed by atoms with van der Waals surface area (Å²) in [5, 5.41) is 0.742. The van der Waals surface area contributed by atoms with Crippen LogP contribution in [-0.2, 0) is 6.42 Å². The minimum atomic E-state index is -0.359. The fourth-order valence-corrected chi connectivity index (χ4v) is 2.38. The van der Waals surface area contributed by atoms with Crippen LogP contribution in [0.5, 0.6) is 0 Å². The van der Waals surface area contributed by atoms with Gasteiger partial charge in [0.15, 0.2) is 11.4 Å². The highest BCUT2D eigenvalue weighted by molar-refractivity contribution is 5.78. The van der Waals surface area contributed by atoms with Crippen LogP contribution in [0.2, 0.25) is 0 Å². The Morgan fingerprint density at radius 3 is 2.90 bits per heavy atom. The second-order valence-corrected chi connectivity index (χ2v) is 4.93. The maximum Gasteiger partial charge on any atom is 0.169 e. The van der Waals surface area contributed by atoms with Crippen LogP contribution in [0.15, 0.2) is 53.2 Å². The molecule has 3 aromatic rings. The minimum Gasteiger partial charge on any atom is -0.456 e. The Bertz CT molecular complexity index is 727. The van der Waals surface area contributed by atoms with E-state index in [1.807, 2.05) is 30.5 Å². The summed E-state index contributed by atoms with van der Waals surface area (Å²) in [6.07, 6.45) is 5.11. The zero-order valence-electron chi connectivity index (χ0n) is 11.4. The zero-order valence-corrected chi connectivity index (χ0v) is 11.4. The van der Waals surface area contributed by atoms with Crippen molar-refractivity contribution >= 4 is 11.0 Å². The highest BCUT2D eigenvalue weighted by atomic mass is 19.1. The number of aryl methyl sites for hydroxylation is 1. The highest BCUT2D eigenvalue weighted by Crippen LogP contribution is 2.27. The molecule has 3 rings (SSSR count).